The van der Waals surface area contributed by atoms with Crippen molar-refractivity contribution in [3.05, 3.63) is 69.8 Å². The lowest BCUT2D eigenvalue weighted by Crippen LogP contribution is -2.48. The van der Waals surface area contributed by atoms with Crippen molar-refractivity contribution in [2.45, 2.75) is 83.9 Å². The smallest absolute Gasteiger partial charge is 0.217 e. The first-order valence-electron chi connectivity index (χ1n) is 12.1. The minimum absolute atomic E-state index is 0.134. The fourth-order valence-electron chi connectivity index (χ4n) is 4.92. The maximum Gasteiger partial charge on any atom is 0.217 e. The lowest BCUT2D eigenvalue weighted by atomic mass is 9.82. The number of rotatable bonds is 10. The molecule has 1 amide bonds. The molecule has 0 fully saturated rings. The van der Waals surface area contributed by atoms with E-state index < -0.39 is 23.8 Å². The molecule has 180 valence electrons. The first kappa shape index (κ1) is 25.3. The van der Waals surface area contributed by atoms with E-state index in [9.17, 15) is 18.7 Å². The van der Waals surface area contributed by atoms with Gasteiger partial charge in [-0.2, -0.15) is 0 Å². The maximum atomic E-state index is 13.6. The minimum Gasteiger partial charge on any atom is -0.390 e. The molecule has 0 aromatic heterocycles. The Bertz CT molecular complexity index is 943. The van der Waals surface area contributed by atoms with Gasteiger partial charge in [-0.3, -0.25) is 4.79 Å². The van der Waals surface area contributed by atoms with E-state index in [0.717, 1.165) is 44.6 Å². The van der Waals surface area contributed by atoms with Gasteiger partial charge < -0.3 is 15.7 Å². The number of hydrogen-bond acceptors (Lipinski definition) is 3. The van der Waals surface area contributed by atoms with Gasteiger partial charge in [-0.15, -0.1) is 0 Å². The van der Waals surface area contributed by atoms with Crippen molar-refractivity contribution in [3.8, 4) is 0 Å². The summed E-state index contributed by atoms with van der Waals surface area (Å²) in [5.74, 6) is -1.64. The highest BCUT2D eigenvalue weighted by Crippen LogP contribution is 2.34. The molecule has 0 aliphatic heterocycles. The molecule has 1 aliphatic carbocycles. The van der Waals surface area contributed by atoms with Gasteiger partial charge in [0.25, 0.3) is 0 Å². The summed E-state index contributed by atoms with van der Waals surface area (Å²) in [6, 6.07) is 7.39. The number of nitrogens with one attached hydrogen (secondary N) is 2. The molecule has 33 heavy (non-hydrogen) atoms. The van der Waals surface area contributed by atoms with E-state index in [1.807, 2.05) is 0 Å². The molecule has 3 rings (SSSR count). The predicted molar refractivity (Wildman–Crippen MR) is 127 cm³/mol. The molecular formula is C27H36F2N2O2. The van der Waals surface area contributed by atoms with E-state index in [-0.39, 0.29) is 24.9 Å². The minimum atomic E-state index is -0.907. The SMILES string of the molecule is CCCc1cc(CC)cc2c1CCCC2NCC(O)C(Cc1cc(F)cc(F)c1)NC(C)=O. The summed E-state index contributed by atoms with van der Waals surface area (Å²) in [4.78, 5) is 11.7. The summed E-state index contributed by atoms with van der Waals surface area (Å²) < 4.78 is 27.2. The van der Waals surface area contributed by atoms with Crippen LogP contribution < -0.4 is 10.6 Å². The summed E-state index contributed by atoms with van der Waals surface area (Å²) in [5, 5.41) is 17.2. The fraction of sp³-hybridized carbons (Fsp3) is 0.519. The fourth-order valence-corrected chi connectivity index (χ4v) is 4.92. The second-order valence-corrected chi connectivity index (χ2v) is 9.14. The van der Waals surface area contributed by atoms with Crippen LogP contribution in [0.5, 0.6) is 0 Å². The number of aryl methyl sites for hydroxylation is 2. The summed E-state index contributed by atoms with van der Waals surface area (Å²) in [7, 11) is 0. The third-order valence-corrected chi connectivity index (χ3v) is 6.46. The molecule has 3 N–H and O–H groups in total. The van der Waals surface area contributed by atoms with Crippen LogP contribution in [0.15, 0.2) is 30.3 Å². The number of carbonyl (C=O) groups excluding carboxylic acids is 1. The van der Waals surface area contributed by atoms with Gasteiger partial charge in [0.05, 0.1) is 12.1 Å². The lowest BCUT2D eigenvalue weighted by molar-refractivity contribution is -0.120. The number of amides is 1. The second-order valence-electron chi connectivity index (χ2n) is 9.14. The van der Waals surface area contributed by atoms with E-state index >= 15 is 0 Å². The van der Waals surface area contributed by atoms with Crippen LogP contribution in [0, 0.1) is 11.6 Å². The average Bonchev–Trinajstić information content (AvgIpc) is 2.76. The van der Waals surface area contributed by atoms with Gasteiger partial charge in [0.2, 0.25) is 5.91 Å². The Balaban J connectivity index is 1.74. The molecule has 3 unspecified atom stereocenters. The Morgan fingerprint density at radius 1 is 1.12 bits per heavy atom. The number of fused-ring (bicyclic) bond motifs is 1. The Morgan fingerprint density at radius 2 is 1.85 bits per heavy atom. The van der Waals surface area contributed by atoms with Crippen molar-refractivity contribution in [1.29, 1.82) is 0 Å². The summed E-state index contributed by atoms with van der Waals surface area (Å²) >= 11 is 0. The highest BCUT2D eigenvalue weighted by molar-refractivity contribution is 5.73. The molecule has 0 heterocycles. The summed E-state index contributed by atoms with van der Waals surface area (Å²) in [6.45, 7) is 6.01. The zero-order valence-electron chi connectivity index (χ0n) is 19.9. The van der Waals surface area contributed by atoms with Gasteiger partial charge in [0.15, 0.2) is 0 Å². The third-order valence-electron chi connectivity index (χ3n) is 6.46. The van der Waals surface area contributed by atoms with Crippen LogP contribution in [0.25, 0.3) is 0 Å². The number of hydrogen-bond donors (Lipinski definition) is 3. The van der Waals surface area contributed by atoms with Crippen molar-refractivity contribution in [2.75, 3.05) is 6.54 Å². The highest BCUT2D eigenvalue weighted by Gasteiger charge is 2.26. The first-order valence-corrected chi connectivity index (χ1v) is 12.1. The van der Waals surface area contributed by atoms with Crippen molar-refractivity contribution >= 4 is 5.91 Å². The third kappa shape index (κ3) is 6.84. The zero-order chi connectivity index (χ0) is 24.0. The molecule has 6 heteroatoms. The first-order chi connectivity index (χ1) is 15.8. The molecule has 0 saturated heterocycles. The van der Waals surface area contributed by atoms with Crippen molar-refractivity contribution in [2.24, 2.45) is 0 Å². The quantitative estimate of drug-likeness (QED) is 0.489. The number of carbonyl (C=O) groups is 1. The Hall–Kier alpha value is -2.31. The molecule has 2 aromatic rings. The standard InChI is InChI=1S/C27H36F2N2O2/c1-4-7-20-10-18(5-2)13-24-23(20)8-6-9-25(24)30-16-27(33)26(31-17(3)32)14-19-11-21(28)15-22(29)12-19/h10-13,15,25-27,30,33H,4-9,14,16H2,1-3H3,(H,31,32). The number of halogens is 2. The topological polar surface area (TPSA) is 61.4 Å². The largest absolute Gasteiger partial charge is 0.390 e. The summed E-state index contributed by atoms with van der Waals surface area (Å²) in [5.41, 5.74) is 5.91. The molecule has 0 bridgehead atoms. The van der Waals surface area contributed by atoms with Gasteiger partial charge in [-0.05, 0) is 78.5 Å². The van der Waals surface area contributed by atoms with Crippen LogP contribution in [0.4, 0.5) is 8.78 Å². The van der Waals surface area contributed by atoms with Gasteiger partial charge in [-0.25, -0.2) is 8.78 Å². The maximum absolute atomic E-state index is 13.6. The molecule has 4 nitrogen and oxygen atoms in total. The number of aliphatic hydroxyl groups excluding tert-OH is 1. The van der Waals surface area contributed by atoms with E-state index in [0.29, 0.717) is 5.56 Å². The van der Waals surface area contributed by atoms with Crippen LogP contribution in [-0.4, -0.2) is 29.7 Å². The zero-order valence-corrected chi connectivity index (χ0v) is 19.9. The molecular weight excluding hydrogens is 422 g/mol. The van der Waals surface area contributed by atoms with Gasteiger partial charge >= 0.3 is 0 Å². The molecule has 1 aliphatic rings. The predicted octanol–water partition coefficient (Wildman–Crippen LogP) is 4.56. The van der Waals surface area contributed by atoms with Crippen LogP contribution in [-0.2, 0) is 30.5 Å². The van der Waals surface area contributed by atoms with Gasteiger partial charge in [-0.1, -0.05) is 32.4 Å². The number of benzene rings is 2. The van der Waals surface area contributed by atoms with Crippen LogP contribution in [0.3, 0.4) is 0 Å². The van der Waals surface area contributed by atoms with Crippen molar-refractivity contribution in [1.82, 2.24) is 10.6 Å². The van der Waals surface area contributed by atoms with E-state index in [4.69, 9.17) is 0 Å². The lowest BCUT2D eigenvalue weighted by Gasteiger charge is -2.31. The molecule has 2 aromatic carbocycles. The van der Waals surface area contributed by atoms with Gasteiger partial charge in [0.1, 0.15) is 11.6 Å². The average molecular weight is 459 g/mol. The molecule has 0 saturated carbocycles. The monoisotopic (exact) mass is 458 g/mol. The second kappa shape index (κ2) is 11.7. The van der Waals surface area contributed by atoms with Crippen LogP contribution in [0.2, 0.25) is 0 Å². The van der Waals surface area contributed by atoms with Crippen LogP contribution in [0.1, 0.15) is 73.9 Å². The Kier molecular flexibility index (Phi) is 8.98. The molecule has 0 radical (unpaired) electrons. The van der Waals surface area contributed by atoms with E-state index in [1.165, 1.54) is 41.3 Å². The summed E-state index contributed by atoms with van der Waals surface area (Å²) in [6.07, 6.45) is 5.53. The van der Waals surface area contributed by atoms with Crippen molar-refractivity contribution < 1.29 is 18.7 Å². The highest BCUT2D eigenvalue weighted by atomic mass is 19.1. The normalized spacial score (nSPS) is 17.3. The molecule has 3 atom stereocenters. The Labute approximate surface area is 195 Å². The molecule has 0 spiro atoms. The van der Waals surface area contributed by atoms with E-state index in [1.54, 1.807) is 0 Å². The Morgan fingerprint density at radius 3 is 2.48 bits per heavy atom. The van der Waals surface area contributed by atoms with Gasteiger partial charge in [0, 0.05) is 25.6 Å². The van der Waals surface area contributed by atoms with Crippen molar-refractivity contribution in [3.63, 3.8) is 0 Å². The van der Waals surface area contributed by atoms with E-state index in [2.05, 4.69) is 36.6 Å². The number of aliphatic hydroxyl groups is 1. The van der Waals surface area contributed by atoms with Crippen LogP contribution >= 0.6 is 0 Å².